The van der Waals surface area contributed by atoms with Crippen molar-refractivity contribution >= 4 is 34.5 Å². The number of nitro benzene ring substituents is 1. The summed E-state index contributed by atoms with van der Waals surface area (Å²) in [6.45, 7) is 0.682. The van der Waals surface area contributed by atoms with Gasteiger partial charge in [-0.15, -0.1) is 0 Å². The Bertz CT molecular complexity index is 917. The summed E-state index contributed by atoms with van der Waals surface area (Å²) in [5.74, 6) is -0.318. The number of nitro groups is 1. The van der Waals surface area contributed by atoms with Crippen LogP contribution in [0.4, 0.5) is 5.69 Å². The second-order valence-electron chi connectivity index (χ2n) is 5.54. The van der Waals surface area contributed by atoms with E-state index in [0.717, 1.165) is 11.3 Å². The van der Waals surface area contributed by atoms with Gasteiger partial charge in [-0.05, 0) is 46.7 Å². The average Bonchev–Trinajstić information content (AvgIpc) is 3.15. The van der Waals surface area contributed by atoms with Crippen LogP contribution in [0.2, 0.25) is 5.02 Å². The monoisotopic (exact) mass is 387 g/mol. The van der Waals surface area contributed by atoms with E-state index in [1.54, 1.807) is 28.5 Å². The number of benzene rings is 1. The zero-order valence-corrected chi connectivity index (χ0v) is 15.1. The van der Waals surface area contributed by atoms with Gasteiger partial charge >= 0.3 is 0 Å². The Kier molecular flexibility index (Phi) is 5.60. The molecule has 0 radical (unpaired) electrons. The standard InChI is InChI=1S/C18H14ClN3O3S/c19-16-5-4-14(9-17(16)22(24)25)18(23)21(10-13-6-8-26-12-13)11-15-3-1-2-7-20-15/h1-9,12H,10-11H2. The topological polar surface area (TPSA) is 76.3 Å². The molecule has 0 fully saturated rings. The summed E-state index contributed by atoms with van der Waals surface area (Å²) in [6.07, 6.45) is 1.66. The van der Waals surface area contributed by atoms with Crippen LogP contribution in [0.25, 0.3) is 0 Å². The van der Waals surface area contributed by atoms with Crippen molar-refractivity contribution in [2.75, 3.05) is 0 Å². The largest absolute Gasteiger partial charge is 0.328 e. The predicted molar refractivity (Wildman–Crippen MR) is 100 cm³/mol. The maximum atomic E-state index is 13.0. The lowest BCUT2D eigenvalue weighted by Crippen LogP contribution is -2.30. The number of aromatic nitrogens is 1. The highest BCUT2D eigenvalue weighted by Gasteiger charge is 2.21. The number of amides is 1. The molecule has 8 heteroatoms. The van der Waals surface area contributed by atoms with E-state index in [9.17, 15) is 14.9 Å². The zero-order valence-electron chi connectivity index (χ0n) is 13.5. The number of rotatable bonds is 6. The normalized spacial score (nSPS) is 10.5. The molecule has 0 aliphatic rings. The lowest BCUT2D eigenvalue weighted by Gasteiger charge is -2.22. The first-order valence-electron chi connectivity index (χ1n) is 7.69. The van der Waals surface area contributed by atoms with E-state index in [4.69, 9.17) is 11.6 Å². The molecule has 132 valence electrons. The molecule has 0 unspecified atom stereocenters. The molecule has 6 nitrogen and oxygen atoms in total. The fourth-order valence-corrected chi connectivity index (χ4v) is 3.30. The molecular formula is C18H14ClN3O3S. The van der Waals surface area contributed by atoms with E-state index >= 15 is 0 Å². The van der Waals surface area contributed by atoms with Gasteiger partial charge in [0.1, 0.15) is 5.02 Å². The smallest absolute Gasteiger partial charge is 0.288 e. The van der Waals surface area contributed by atoms with Crippen LogP contribution in [0.5, 0.6) is 0 Å². The fourth-order valence-electron chi connectivity index (χ4n) is 2.46. The maximum Gasteiger partial charge on any atom is 0.288 e. The summed E-state index contributed by atoms with van der Waals surface area (Å²) in [5, 5.41) is 15.0. The third-order valence-corrected chi connectivity index (χ3v) is 4.76. The molecule has 1 amide bonds. The van der Waals surface area contributed by atoms with Gasteiger partial charge in [0.25, 0.3) is 11.6 Å². The summed E-state index contributed by atoms with van der Waals surface area (Å²) in [7, 11) is 0. The van der Waals surface area contributed by atoms with Crippen LogP contribution in [0.15, 0.2) is 59.4 Å². The van der Waals surface area contributed by atoms with Crippen molar-refractivity contribution in [3.63, 3.8) is 0 Å². The first-order valence-corrected chi connectivity index (χ1v) is 9.01. The summed E-state index contributed by atoms with van der Waals surface area (Å²) in [5.41, 5.74) is 1.65. The van der Waals surface area contributed by atoms with E-state index in [0.29, 0.717) is 13.1 Å². The van der Waals surface area contributed by atoms with Crippen molar-refractivity contribution in [2.45, 2.75) is 13.1 Å². The minimum absolute atomic E-state index is 0.000612. The van der Waals surface area contributed by atoms with Gasteiger partial charge in [-0.25, -0.2) is 0 Å². The van der Waals surface area contributed by atoms with E-state index < -0.39 is 4.92 Å². The molecule has 0 saturated heterocycles. The lowest BCUT2D eigenvalue weighted by molar-refractivity contribution is -0.384. The zero-order chi connectivity index (χ0) is 18.5. The van der Waals surface area contributed by atoms with Gasteiger partial charge in [0, 0.05) is 24.4 Å². The van der Waals surface area contributed by atoms with Crippen LogP contribution in [0, 0.1) is 10.1 Å². The van der Waals surface area contributed by atoms with Gasteiger partial charge in [-0.1, -0.05) is 17.7 Å². The van der Waals surface area contributed by atoms with Crippen molar-refractivity contribution < 1.29 is 9.72 Å². The Morgan fingerprint density at radius 3 is 2.73 bits per heavy atom. The molecule has 2 aromatic heterocycles. The second kappa shape index (κ2) is 8.07. The van der Waals surface area contributed by atoms with Crippen LogP contribution < -0.4 is 0 Å². The Morgan fingerprint density at radius 2 is 2.08 bits per heavy atom. The molecule has 0 saturated carbocycles. The molecule has 1 aromatic carbocycles. The van der Waals surface area contributed by atoms with Gasteiger partial charge in [0.05, 0.1) is 17.2 Å². The van der Waals surface area contributed by atoms with E-state index in [2.05, 4.69) is 4.98 Å². The Labute approximate surface area is 158 Å². The summed E-state index contributed by atoms with van der Waals surface area (Å²) < 4.78 is 0. The SMILES string of the molecule is O=C(c1ccc(Cl)c([N+](=O)[O-])c1)N(Cc1ccsc1)Cc1ccccn1. The molecule has 0 aliphatic heterocycles. The molecule has 0 atom stereocenters. The van der Waals surface area contributed by atoms with Crippen LogP contribution in [-0.4, -0.2) is 20.7 Å². The summed E-state index contributed by atoms with van der Waals surface area (Å²) in [4.78, 5) is 29.4. The lowest BCUT2D eigenvalue weighted by atomic mass is 10.1. The fraction of sp³-hybridized carbons (Fsp3) is 0.111. The van der Waals surface area contributed by atoms with Gasteiger partial charge in [-0.3, -0.25) is 19.9 Å². The molecule has 0 N–H and O–H groups in total. The third kappa shape index (κ3) is 4.25. The average molecular weight is 388 g/mol. The van der Waals surface area contributed by atoms with E-state index in [-0.39, 0.29) is 22.2 Å². The van der Waals surface area contributed by atoms with Crippen molar-refractivity contribution in [1.29, 1.82) is 0 Å². The number of nitrogens with zero attached hydrogens (tertiary/aromatic N) is 3. The Hall–Kier alpha value is -2.77. The van der Waals surface area contributed by atoms with Crippen molar-refractivity contribution in [3.05, 3.63) is 91.4 Å². The summed E-state index contributed by atoms with van der Waals surface area (Å²) in [6, 6.07) is 11.5. The first kappa shape index (κ1) is 18.0. The van der Waals surface area contributed by atoms with Crippen LogP contribution in [0.1, 0.15) is 21.6 Å². The van der Waals surface area contributed by atoms with E-state index in [1.165, 1.54) is 18.2 Å². The van der Waals surface area contributed by atoms with Gasteiger partial charge < -0.3 is 4.90 Å². The number of hydrogen-bond acceptors (Lipinski definition) is 5. The van der Waals surface area contributed by atoms with Crippen LogP contribution >= 0.6 is 22.9 Å². The second-order valence-corrected chi connectivity index (χ2v) is 6.72. The molecule has 26 heavy (non-hydrogen) atoms. The number of hydrogen-bond donors (Lipinski definition) is 0. The van der Waals surface area contributed by atoms with Gasteiger partial charge in [0.2, 0.25) is 0 Å². The molecule has 2 heterocycles. The Morgan fingerprint density at radius 1 is 1.23 bits per heavy atom. The Balaban J connectivity index is 1.91. The van der Waals surface area contributed by atoms with Crippen molar-refractivity contribution in [3.8, 4) is 0 Å². The van der Waals surface area contributed by atoms with Gasteiger partial charge in [0.15, 0.2) is 0 Å². The number of carbonyl (C=O) groups excluding carboxylic acids is 1. The van der Waals surface area contributed by atoms with Gasteiger partial charge in [-0.2, -0.15) is 11.3 Å². The summed E-state index contributed by atoms with van der Waals surface area (Å²) >= 11 is 7.39. The molecule has 3 rings (SSSR count). The van der Waals surface area contributed by atoms with E-state index in [1.807, 2.05) is 29.0 Å². The third-order valence-electron chi connectivity index (χ3n) is 3.71. The number of carbonyl (C=O) groups is 1. The highest BCUT2D eigenvalue weighted by molar-refractivity contribution is 7.07. The van der Waals surface area contributed by atoms with Crippen LogP contribution in [-0.2, 0) is 13.1 Å². The molecule has 0 aliphatic carbocycles. The predicted octanol–water partition coefficient (Wildman–Crippen LogP) is 4.55. The highest BCUT2D eigenvalue weighted by Crippen LogP contribution is 2.26. The quantitative estimate of drug-likeness (QED) is 0.459. The number of halogens is 1. The highest BCUT2D eigenvalue weighted by atomic mass is 35.5. The molecule has 0 spiro atoms. The molecule has 0 bridgehead atoms. The van der Waals surface area contributed by atoms with Crippen LogP contribution in [0.3, 0.4) is 0 Å². The van der Waals surface area contributed by atoms with Crippen molar-refractivity contribution in [2.24, 2.45) is 0 Å². The molecule has 3 aromatic rings. The molecular weight excluding hydrogens is 374 g/mol. The minimum atomic E-state index is -0.596. The minimum Gasteiger partial charge on any atom is -0.328 e. The number of pyridine rings is 1. The maximum absolute atomic E-state index is 13.0. The number of thiophene rings is 1. The first-order chi connectivity index (χ1) is 12.5. The van der Waals surface area contributed by atoms with Crippen molar-refractivity contribution in [1.82, 2.24) is 9.88 Å².